The van der Waals surface area contributed by atoms with Gasteiger partial charge in [-0.15, -0.1) is 12.4 Å². The van der Waals surface area contributed by atoms with Crippen LogP contribution in [-0.2, 0) is 0 Å². The van der Waals surface area contributed by atoms with Crippen LogP contribution in [0.25, 0.3) is 11.5 Å². The minimum absolute atomic E-state index is 0. The first-order chi connectivity index (χ1) is 10.2. The molecule has 6 nitrogen and oxygen atoms in total. The SMILES string of the molecule is Cc1noc(-c2ccccc2C(=O)NC2CCNCC2)n1.Cl. The van der Waals surface area contributed by atoms with Gasteiger partial charge in [-0.05, 0) is 45.0 Å². The van der Waals surface area contributed by atoms with E-state index in [-0.39, 0.29) is 24.4 Å². The van der Waals surface area contributed by atoms with Gasteiger partial charge >= 0.3 is 0 Å². The Labute approximate surface area is 135 Å². The molecule has 0 saturated carbocycles. The van der Waals surface area contributed by atoms with Crippen molar-refractivity contribution in [2.24, 2.45) is 0 Å². The Hall–Kier alpha value is -1.92. The fourth-order valence-electron chi connectivity index (χ4n) is 2.50. The van der Waals surface area contributed by atoms with Gasteiger partial charge in [-0.25, -0.2) is 0 Å². The largest absolute Gasteiger partial charge is 0.349 e. The van der Waals surface area contributed by atoms with E-state index in [0.717, 1.165) is 25.9 Å². The molecule has 1 fully saturated rings. The van der Waals surface area contributed by atoms with Gasteiger partial charge < -0.3 is 15.2 Å². The number of hydrogen-bond donors (Lipinski definition) is 2. The highest BCUT2D eigenvalue weighted by Crippen LogP contribution is 2.22. The van der Waals surface area contributed by atoms with Crippen LogP contribution in [0.5, 0.6) is 0 Å². The molecule has 0 radical (unpaired) electrons. The minimum atomic E-state index is -0.0895. The molecule has 0 bridgehead atoms. The highest BCUT2D eigenvalue weighted by molar-refractivity contribution is 6.00. The molecule has 1 aromatic heterocycles. The number of nitrogens with zero attached hydrogens (tertiary/aromatic N) is 2. The van der Waals surface area contributed by atoms with Crippen LogP contribution in [-0.4, -0.2) is 35.2 Å². The van der Waals surface area contributed by atoms with E-state index in [0.29, 0.717) is 22.8 Å². The molecule has 2 N–H and O–H groups in total. The average Bonchev–Trinajstić information content (AvgIpc) is 2.95. The Balaban J connectivity index is 0.00000176. The van der Waals surface area contributed by atoms with Crippen molar-refractivity contribution in [3.8, 4) is 11.5 Å². The molecule has 1 saturated heterocycles. The number of carbonyl (C=O) groups is 1. The van der Waals surface area contributed by atoms with Crippen molar-refractivity contribution in [1.29, 1.82) is 0 Å². The van der Waals surface area contributed by atoms with Crippen LogP contribution in [0, 0.1) is 6.92 Å². The Morgan fingerprint density at radius 3 is 2.73 bits per heavy atom. The second kappa shape index (κ2) is 7.38. The van der Waals surface area contributed by atoms with E-state index in [9.17, 15) is 4.79 Å². The monoisotopic (exact) mass is 322 g/mol. The van der Waals surface area contributed by atoms with Crippen LogP contribution in [0.15, 0.2) is 28.8 Å². The number of benzene rings is 1. The summed E-state index contributed by atoms with van der Waals surface area (Å²) in [5.74, 6) is 0.843. The van der Waals surface area contributed by atoms with Crippen LogP contribution < -0.4 is 10.6 Å². The summed E-state index contributed by atoms with van der Waals surface area (Å²) in [5.41, 5.74) is 1.24. The number of piperidine rings is 1. The maximum atomic E-state index is 12.5. The van der Waals surface area contributed by atoms with E-state index in [2.05, 4.69) is 20.8 Å². The number of aryl methyl sites for hydroxylation is 1. The molecular formula is C15H19ClN4O2. The molecule has 2 aromatic rings. The van der Waals surface area contributed by atoms with E-state index in [4.69, 9.17) is 4.52 Å². The van der Waals surface area contributed by atoms with Gasteiger partial charge in [0, 0.05) is 6.04 Å². The molecule has 1 aliphatic rings. The van der Waals surface area contributed by atoms with Crippen LogP contribution in [0.3, 0.4) is 0 Å². The van der Waals surface area contributed by atoms with Gasteiger partial charge in [0.2, 0.25) is 0 Å². The quantitative estimate of drug-likeness (QED) is 0.903. The number of carbonyl (C=O) groups excluding carboxylic acids is 1. The van der Waals surface area contributed by atoms with E-state index in [1.54, 1.807) is 13.0 Å². The van der Waals surface area contributed by atoms with Crippen LogP contribution in [0.1, 0.15) is 29.0 Å². The zero-order chi connectivity index (χ0) is 14.7. The van der Waals surface area contributed by atoms with Crippen molar-refractivity contribution in [2.45, 2.75) is 25.8 Å². The summed E-state index contributed by atoms with van der Waals surface area (Å²) < 4.78 is 5.18. The molecule has 1 amide bonds. The summed E-state index contributed by atoms with van der Waals surface area (Å²) >= 11 is 0. The maximum absolute atomic E-state index is 12.5. The third kappa shape index (κ3) is 3.64. The number of amides is 1. The smallest absolute Gasteiger partial charge is 0.258 e. The maximum Gasteiger partial charge on any atom is 0.258 e. The molecule has 0 unspecified atom stereocenters. The lowest BCUT2D eigenvalue weighted by Crippen LogP contribution is -2.42. The second-order valence-corrected chi connectivity index (χ2v) is 5.19. The highest BCUT2D eigenvalue weighted by atomic mass is 35.5. The van der Waals surface area contributed by atoms with Gasteiger partial charge in [0.15, 0.2) is 5.82 Å². The molecule has 118 valence electrons. The lowest BCUT2D eigenvalue weighted by atomic mass is 10.0. The average molecular weight is 323 g/mol. The van der Waals surface area contributed by atoms with Crippen LogP contribution in [0.2, 0.25) is 0 Å². The van der Waals surface area contributed by atoms with Crippen molar-refractivity contribution in [3.05, 3.63) is 35.7 Å². The number of halogens is 1. The predicted octanol–water partition coefficient (Wildman–Crippen LogP) is 1.95. The van der Waals surface area contributed by atoms with E-state index in [1.807, 2.05) is 18.2 Å². The van der Waals surface area contributed by atoms with Gasteiger partial charge in [-0.3, -0.25) is 4.79 Å². The predicted molar refractivity (Wildman–Crippen MR) is 85.1 cm³/mol. The fraction of sp³-hybridized carbons (Fsp3) is 0.400. The summed E-state index contributed by atoms with van der Waals surface area (Å²) in [5, 5.41) is 10.1. The Kier molecular flexibility index (Phi) is 5.51. The highest BCUT2D eigenvalue weighted by Gasteiger charge is 2.20. The van der Waals surface area contributed by atoms with Gasteiger partial charge in [-0.1, -0.05) is 17.3 Å². The third-order valence-electron chi connectivity index (χ3n) is 3.60. The summed E-state index contributed by atoms with van der Waals surface area (Å²) in [6.45, 7) is 3.63. The molecular weight excluding hydrogens is 304 g/mol. The minimum Gasteiger partial charge on any atom is -0.349 e. The van der Waals surface area contributed by atoms with Crippen molar-refractivity contribution in [3.63, 3.8) is 0 Å². The third-order valence-corrected chi connectivity index (χ3v) is 3.60. The first kappa shape index (κ1) is 16.5. The number of nitrogens with one attached hydrogen (secondary N) is 2. The van der Waals surface area contributed by atoms with Gasteiger partial charge in [0.25, 0.3) is 11.8 Å². The zero-order valence-corrected chi connectivity index (χ0v) is 13.2. The summed E-state index contributed by atoms with van der Waals surface area (Å²) in [4.78, 5) is 16.7. The van der Waals surface area contributed by atoms with Crippen LogP contribution in [0.4, 0.5) is 0 Å². The molecule has 0 aliphatic carbocycles. The van der Waals surface area contributed by atoms with E-state index < -0.39 is 0 Å². The normalized spacial score (nSPS) is 15.1. The van der Waals surface area contributed by atoms with Crippen molar-refractivity contribution < 1.29 is 9.32 Å². The first-order valence-corrected chi connectivity index (χ1v) is 7.15. The first-order valence-electron chi connectivity index (χ1n) is 7.15. The topological polar surface area (TPSA) is 80.0 Å². The molecule has 0 spiro atoms. The lowest BCUT2D eigenvalue weighted by molar-refractivity contribution is 0.0930. The Bertz CT molecular complexity index is 638. The Morgan fingerprint density at radius 1 is 1.32 bits per heavy atom. The van der Waals surface area contributed by atoms with Crippen molar-refractivity contribution in [2.75, 3.05) is 13.1 Å². The lowest BCUT2D eigenvalue weighted by Gasteiger charge is -2.23. The number of aromatic nitrogens is 2. The van der Waals surface area contributed by atoms with E-state index in [1.165, 1.54) is 0 Å². The molecule has 22 heavy (non-hydrogen) atoms. The van der Waals surface area contributed by atoms with Crippen LogP contribution >= 0.6 is 12.4 Å². The van der Waals surface area contributed by atoms with Gasteiger partial charge in [0.05, 0.1) is 11.1 Å². The summed E-state index contributed by atoms with van der Waals surface area (Å²) in [6, 6.07) is 7.52. The van der Waals surface area contributed by atoms with Crippen molar-refractivity contribution >= 4 is 18.3 Å². The Morgan fingerprint density at radius 2 is 2.05 bits per heavy atom. The molecule has 1 aromatic carbocycles. The fourth-order valence-corrected chi connectivity index (χ4v) is 2.50. The van der Waals surface area contributed by atoms with Gasteiger partial charge in [-0.2, -0.15) is 4.98 Å². The molecule has 7 heteroatoms. The number of rotatable bonds is 3. The molecule has 0 atom stereocenters. The van der Waals surface area contributed by atoms with Gasteiger partial charge in [0.1, 0.15) is 0 Å². The molecule has 1 aliphatic heterocycles. The zero-order valence-electron chi connectivity index (χ0n) is 12.3. The molecule has 3 rings (SSSR count). The second-order valence-electron chi connectivity index (χ2n) is 5.19. The molecule has 2 heterocycles. The summed E-state index contributed by atoms with van der Waals surface area (Å²) in [6.07, 6.45) is 1.90. The van der Waals surface area contributed by atoms with E-state index >= 15 is 0 Å². The summed E-state index contributed by atoms with van der Waals surface area (Å²) in [7, 11) is 0. The standard InChI is InChI=1S/C15H18N4O2.ClH/c1-10-17-15(21-19-10)13-5-3-2-4-12(13)14(20)18-11-6-8-16-9-7-11;/h2-5,11,16H,6-9H2,1H3,(H,18,20);1H. The van der Waals surface area contributed by atoms with Crippen molar-refractivity contribution in [1.82, 2.24) is 20.8 Å². The number of hydrogen-bond acceptors (Lipinski definition) is 5.